The highest BCUT2D eigenvalue weighted by Gasteiger charge is 2.26. The van der Waals surface area contributed by atoms with Gasteiger partial charge in [-0.05, 0) is 31.5 Å². The molecule has 0 saturated carbocycles. The average molecular weight is 369 g/mol. The van der Waals surface area contributed by atoms with E-state index in [9.17, 15) is 9.59 Å². The van der Waals surface area contributed by atoms with Gasteiger partial charge >= 0.3 is 0 Å². The second kappa shape index (κ2) is 8.08. The number of nitrogens with zero attached hydrogens (tertiary/aromatic N) is 5. The molecular formula is C20H27N5O2. The van der Waals surface area contributed by atoms with Crippen molar-refractivity contribution >= 4 is 22.8 Å². The molecule has 144 valence electrons. The highest BCUT2D eigenvalue weighted by molar-refractivity contribution is 5.85. The Labute approximate surface area is 159 Å². The summed E-state index contributed by atoms with van der Waals surface area (Å²) in [5.74, 6) is 0.208. The maximum atomic E-state index is 12.6. The standard InChI is InChI=1S/C20H27N5O2/c26-19-7-3-9-24(19)15-20(27)23-10-4-8-22(11-13-23)12-14-25-16-21-17-5-1-2-6-18(17)25/h1-2,5-6,16H,3-4,7-15H2. The molecule has 2 aromatic rings. The van der Waals surface area contributed by atoms with Gasteiger partial charge in [0.2, 0.25) is 11.8 Å². The van der Waals surface area contributed by atoms with E-state index in [1.165, 1.54) is 5.52 Å². The summed E-state index contributed by atoms with van der Waals surface area (Å²) in [6, 6.07) is 8.19. The molecule has 2 fully saturated rings. The van der Waals surface area contributed by atoms with Crippen LogP contribution in [-0.2, 0) is 16.1 Å². The van der Waals surface area contributed by atoms with Crippen molar-refractivity contribution in [2.45, 2.75) is 25.8 Å². The van der Waals surface area contributed by atoms with Crippen LogP contribution >= 0.6 is 0 Å². The highest BCUT2D eigenvalue weighted by atomic mass is 16.2. The van der Waals surface area contributed by atoms with E-state index in [0.29, 0.717) is 6.42 Å². The quantitative estimate of drug-likeness (QED) is 0.794. The summed E-state index contributed by atoms with van der Waals surface area (Å²) in [4.78, 5) is 34.8. The number of para-hydroxylation sites is 2. The van der Waals surface area contributed by atoms with E-state index in [-0.39, 0.29) is 18.4 Å². The van der Waals surface area contributed by atoms with E-state index >= 15 is 0 Å². The first kappa shape index (κ1) is 18.0. The summed E-state index contributed by atoms with van der Waals surface area (Å²) in [6.45, 7) is 6.23. The lowest BCUT2D eigenvalue weighted by Crippen LogP contribution is -2.42. The van der Waals surface area contributed by atoms with Gasteiger partial charge in [0.15, 0.2) is 0 Å². The van der Waals surface area contributed by atoms with Crippen molar-refractivity contribution in [3.63, 3.8) is 0 Å². The van der Waals surface area contributed by atoms with E-state index in [1.54, 1.807) is 4.90 Å². The van der Waals surface area contributed by atoms with Gasteiger partial charge in [0, 0.05) is 45.7 Å². The van der Waals surface area contributed by atoms with Crippen molar-refractivity contribution in [1.29, 1.82) is 0 Å². The number of rotatable bonds is 5. The molecule has 7 nitrogen and oxygen atoms in total. The van der Waals surface area contributed by atoms with Crippen LogP contribution < -0.4 is 0 Å². The summed E-state index contributed by atoms with van der Waals surface area (Å²) >= 11 is 0. The molecule has 1 aromatic carbocycles. The number of carbonyl (C=O) groups excluding carboxylic acids is 2. The van der Waals surface area contributed by atoms with Gasteiger partial charge in [0.1, 0.15) is 0 Å². The second-order valence-corrected chi connectivity index (χ2v) is 7.42. The summed E-state index contributed by atoms with van der Waals surface area (Å²) in [7, 11) is 0. The van der Waals surface area contributed by atoms with Crippen LogP contribution in [0.2, 0.25) is 0 Å². The van der Waals surface area contributed by atoms with Crippen molar-refractivity contribution in [2.24, 2.45) is 0 Å². The van der Waals surface area contributed by atoms with Crippen LogP contribution in [0.4, 0.5) is 0 Å². The Morgan fingerprint density at radius 1 is 1.00 bits per heavy atom. The monoisotopic (exact) mass is 369 g/mol. The smallest absolute Gasteiger partial charge is 0.242 e. The maximum absolute atomic E-state index is 12.6. The number of fused-ring (bicyclic) bond motifs is 1. The molecule has 7 heteroatoms. The summed E-state index contributed by atoms with van der Waals surface area (Å²) < 4.78 is 2.20. The zero-order chi connectivity index (χ0) is 18.6. The zero-order valence-electron chi connectivity index (χ0n) is 15.7. The molecule has 0 aliphatic carbocycles. The van der Waals surface area contributed by atoms with E-state index in [2.05, 4.69) is 20.5 Å². The third kappa shape index (κ3) is 4.13. The van der Waals surface area contributed by atoms with Crippen LogP contribution in [0.15, 0.2) is 30.6 Å². The van der Waals surface area contributed by atoms with Crippen molar-refractivity contribution < 1.29 is 9.59 Å². The predicted molar refractivity (Wildman–Crippen MR) is 103 cm³/mol. The number of amides is 2. The van der Waals surface area contributed by atoms with Crippen LogP contribution in [0.3, 0.4) is 0 Å². The highest BCUT2D eigenvalue weighted by Crippen LogP contribution is 2.13. The summed E-state index contributed by atoms with van der Waals surface area (Å²) in [5.41, 5.74) is 2.20. The summed E-state index contributed by atoms with van der Waals surface area (Å²) in [5, 5.41) is 0. The topological polar surface area (TPSA) is 61.7 Å². The third-order valence-corrected chi connectivity index (χ3v) is 5.62. The Morgan fingerprint density at radius 3 is 2.74 bits per heavy atom. The molecule has 27 heavy (non-hydrogen) atoms. The normalized spacial score (nSPS) is 19.0. The van der Waals surface area contributed by atoms with E-state index in [1.807, 2.05) is 29.4 Å². The lowest BCUT2D eigenvalue weighted by Gasteiger charge is -2.24. The lowest BCUT2D eigenvalue weighted by molar-refractivity contribution is -0.138. The van der Waals surface area contributed by atoms with Crippen molar-refractivity contribution in [3.8, 4) is 0 Å². The molecule has 0 radical (unpaired) electrons. The molecule has 0 bridgehead atoms. The van der Waals surface area contributed by atoms with Crippen molar-refractivity contribution in [1.82, 2.24) is 24.3 Å². The molecule has 2 aliphatic heterocycles. The van der Waals surface area contributed by atoms with Crippen LogP contribution in [0.25, 0.3) is 11.0 Å². The molecule has 0 atom stereocenters. The van der Waals surface area contributed by atoms with E-state index in [0.717, 1.165) is 64.2 Å². The third-order valence-electron chi connectivity index (χ3n) is 5.62. The molecule has 2 amide bonds. The van der Waals surface area contributed by atoms with Crippen LogP contribution in [0, 0.1) is 0 Å². The Kier molecular flexibility index (Phi) is 5.38. The van der Waals surface area contributed by atoms with Crippen molar-refractivity contribution in [3.05, 3.63) is 30.6 Å². The van der Waals surface area contributed by atoms with Gasteiger partial charge < -0.3 is 14.4 Å². The SMILES string of the molecule is O=C(CN1CCCC1=O)N1CCCN(CCn2cnc3ccccc32)CC1. The number of aromatic nitrogens is 2. The van der Waals surface area contributed by atoms with Gasteiger partial charge in [-0.25, -0.2) is 4.98 Å². The Bertz CT molecular complexity index is 818. The molecule has 4 rings (SSSR count). The lowest BCUT2D eigenvalue weighted by atomic mass is 10.3. The first-order chi connectivity index (χ1) is 13.2. The van der Waals surface area contributed by atoms with Gasteiger partial charge in [0.25, 0.3) is 0 Å². The molecular weight excluding hydrogens is 342 g/mol. The van der Waals surface area contributed by atoms with Crippen molar-refractivity contribution in [2.75, 3.05) is 45.8 Å². The number of imidazole rings is 1. The molecule has 3 heterocycles. The number of hydrogen-bond acceptors (Lipinski definition) is 4. The molecule has 0 unspecified atom stereocenters. The molecule has 1 aromatic heterocycles. The fraction of sp³-hybridized carbons (Fsp3) is 0.550. The molecule has 2 aliphatic rings. The zero-order valence-corrected chi connectivity index (χ0v) is 15.7. The van der Waals surface area contributed by atoms with Crippen LogP contribution in [0.1, 0.15) is 19.3 Å². The number of benzene rings is 1. The first-order valence-corrected chi connectivity index (χ1v) is 9.88. The van der Waals surface area contributed by atoms with E-state index < -0.39 is 0 Å². The first-order valence-electron chi connectivity index (χ1n) is 9.88. The summed E-state index contributed by atoms with van der Waals surface area (Å²) in [6.07, 6.45) is 4.35. The number of likely N-dealkylation sites (tertiary alicyclic amines) is 1. The van der Waals surface area contributed by atoms with Gasteiger partial charge in [-0.2, -0.15) is 0 Å². The fourth-order valence-electron chi connectivity index (χ4n) is 4.02. The molecule has 0 N–H and O–H groups in total. The Morgan fingerprint density at radius 2 is 1.89 bits per heavy atom. The minimum absolute atomic E-state index is 0.0905. The Hall–Kier alpha value is -2.41. The largest absolute Gasteiger partial charge is 0.340 e. The minimum atomic E-state index is 0.0905. The van der Waals surface area contributed by atoms with Gasteiger partial charge in [0.05, 0.1) is 23.9 Å². The number of hydrogen-bond donors (Lipinski definition) is 0. The maximum Gasteiger partial charge on any atom is 0.242 e. The number of carbonyl (C=O) groups is 2. The Balaban J connectivity index is 1.28. The molecule has 0 spiro atoms. The average Bonchev–Trinajstić information content (AvgIpc) is 3.19. The van der Waals surface area contributed by atoms with Gasteiger partial charge in [-0.1, -0.05) is 12.1 Å². The minimum Gasteiger partial charge on any atom is -0.340 e. The van der Waals surface area contributed by atoms with Crippen LogP contribution in [0.5, 0.6) is 0 Å². The van der Waals surface area contributed by atoms with Gasteiger partial charge in [-0.15, -0.1) is 0 Å². The second-order valence-electron chi connectivity index (χ2n) is 7.42. The van der Waals surface area contributed by atoms with Crippen LogP contribution in [-0.4, -0.2) is 81.9 Å². The predicted octanol–water partition coefficient (Wildman–Crippen LogP) is 1.19. The van der Waals surface area contributed by atoms with E-state index in [4.69, 9.17) is 0 Å². The molecule has 2 saturated heterocycles. The fourth-order valence-corrected chi connectivity index (χ4v) is 4.02. The van der Waals surface area contributed by atoms with Gasteiger partial charge in [-0.3, -0.25) is 14.5 Å².